The van der Waals surface area contributed by atoms with E-state index in [0.29, 0.717) is 29.2 Å². The zero-order valence-electron chi connectivity index (χ0n) is 17.2. The quantitative estimate of drug-likeness (QED) is 0.806. The highest BCUT2D eigenvalue weighted by Crippen LogP contribution is 2.41. The number of hydrogen-bond donors (Lipinski definition) is 1. The Morgan fingerprint density at radius 1 is 1.24 bits per heavy atom. The van der Waals surface area contributed by atoms with E-state index in [0.717, 1.165) is 16.1 Å². The number of hydrogen-bond acceptors (Lipinski definition) is 5. The maximum Gasteiger partial charge on any atom is 0.253 e. The maximum atomic E-state index is 13.1. The van der Waals surface area contributed by atoms with Crippen molar-refractivity contribution in [3.63, 3.8) is 0 Å². The monoisotopic (exact) mass is 418 g/mol. The molecule has 1 aliphatic heterocycles. The van der Waals surface area contributed by atoms with Crippen LogP contribution in [0.3, 0.4) is 0 Å². The van der Waals surface area contributed by atoms with Gasteiger partial charge in [-0.2, -0.15) is 0 Å². The van der Waals surface area contributed by atoms with Crippen LogP contribution in [-0.2, 0) is 10.0 Å². The van der Waals surface area contributed by atoms with E-state index in [1.807, 2.05) is 26.0 Å². The van der Waals surface area contributed by atoms with Crippen molar-refractivity contribution in [2.45, 2.75) is 31.9 Å². The molecule has 2 aromatic rings. The van der Waals surface area contributed by atoms with Crippen molar-refractivity contribution < 1.29 is 22.7 Å². The fourth-order valence-corrected chi connectivity index (χ4v) is 3.96. The summed E-state index contributed by atoms with van der Waals surface area (Å²) in [6, 6.07) is 11.9. The normalized spacial score (nSPS) is 17.6. The molecule has 0 aromatic heterocycles. The van der Waals surface area contributed by atoms with Gasteiger partial charge in [-0.25, -0.2) is 8.42 Å². The van der Waals surface area contributed by atoms with E-state index in [9.17, 15) is 13.2 Å². The number of carbonyl (C=O) groups is 1. The molecular weight excluding hydrogens is 392 g/mol. The summed E-state index contributed by atoms with van der Waals surface area (Å²) in [4.78, 5) is 13.1. The third-order valence-corrected chi connectivity index (χ3v) is 6.16. The zero-order chi connectivity index (χ0) is 21.4. The minimum atomic E-state index is -3.50. The fraction of sp³-hybridized carbons (Fsp3) is 0.381. The van der Waals surface area contributed by atoms with E-state index < -0.39 is 15.6 Å². The van der Waals surface area contributed by atoms with Crippen LogP contribution < -0.4 is 19.1 Å². The number of sulfonamides is 1. The molecule has 1 atom stereocenters. The smallest absolute Gasteiger partial charge is 0.253 e. The first-order valence-electron chi connectivity index (χ1n) is 9.22. The average Bonchev–Trinajstić information content (AvgIpc) is 2.65. The van der Waals surface area contributed by atoms with Crippen LogP contribution in [0.25, 0.3) is 0 Å². The van der Waals surface area contributed by atoms with Gasteiger partial charge in [0.25, 0.3) is 5.91 Å². The number of nitrogens with one attached hydrogen (secondary N) is 1. The lowest BCUT2D eigenvalue weighted by Crippen LogP contribution is -2.41. The lowest BCUT2D eigenvalue weighted by Gasteiger charge is -2.38. The van der Waals surface area contributed by atoms with E-state index in [2.05, 4.69) is 5.32 Å². The molecule has 0 spiro atoms. The maximum absolute atomic E-state index is 13.1. The summed E-state index contributed by atoms with van der Waals surface area (Å²) in [7, 11) is -0.482. The molecule has 0 radical (unpaired) electrons. The molecule has 1 N–H and O–H groups in total. The number of methoxy groups -OCH3 is 1. The summed E-state index contributed by atoms with van der Waals surface area (Å²) >= 11 is 0. The molecule has 1 aliphatic rings. The molecule has 1 heterocycles. The minimum Gasteiger partial charge on any atom is -0.497 e. The van der Waals surface area contributed by atoms with E-state index >= 15 is 0 Å². The first kappa shape index (κ1) is 21.0. The van der Waals surface area contributed by atoms with Gasteiger partial charge in [-0.05, 0) is 38.1 Å². The molecular formula is C21H26N2O5S. The van der Waals surface area contributed by atoms with Crippen LogP contribution in [0.15, 0.2) is 42.5 Å². The molecule has 2 aromatic carbocycles. The first-order valence-corrected chi connectivity index (χ1v) is 11.1. The van der Waals surface area contributed by atoms with Gasteiger partial charge in [0.05, 0.1) is 30.7 Å². The molecule has 0 saturated heterocycles. The Bertz CT molecular complexity index is 1030. The van der Waals surface area contributed by atoms with E-state index in [1.54, 1.807) is 37.4 Å². The Hall–Kier alpha value is -2.74. The van der Waals surface area contributed by atoms with Crippen molar-refractivity contribution in [2.24, 2.45) is 0 Å². The minimum absolute atomic E-state index is 0.288. The highest BCUT2D eigenvalue weighted by molar-refractivity contribution is 7.92. The topological polar surface area (TPSA) is 84.9 Å². The van der Waals surface area contributed by atoms with Crippen LogP contribution in [0.2, 0.25) is 0 Å². The van der Waals surface area contributed by atoms with Gasteiger partial charge in [0.1, 0.15) is 17.1 Å². The van der Waals surface area contributed by atoms with E-state index in [-0.39, 0.29) is 11.9 Å². The van der Waals surface area contributed by atoms with Gasteiger partial charge in [0.2, 0.25) is 10.0 Å². The molecule has 0 bridgehead atoms. The first-order chi connectivity index (χ1) is 13.5. The number of fused-ring (bicyclic) bond motifs is 1. The van der Waals surface area contributed by atoms with Crippen molar-refractivity contribution in [1.82, 2.24) is 5.32 Å². The number of ether oxygens (including phenoxy) is 2. The summed E-state index contributed by atoms with van der Waals surface area (Å²) in [6.07, 6.45) is 1.68. The zero-order valence-corrected chi connectivity index (χ0v) is 18.0. The summed E-state index contributed by atoms with van der Waals surface area (Å²) < 4.78 is 36.4. The number of amides is 1. The Labute approximate surface area is 171 Å². The number of para-hydroxylation sites is 1. The number of nitrogens with zero attached hydrogens (tertiary/aromatic N) is 1. The van der Waals surface area contributed by atoms with Crippen LogP contribution in [-0.4, -0.2) is 40.3 Å². The Kier molecular flexibility index (Phi) is 5.49. The number of anilines is 1. The average molecular weight is 419 g/mol. The van der Waals surface area contributed by atoms with Gasteiger partial charge < -0.3 is 14.8 Å². The third kappa shape index (κ3) is 4.48. The van der Waals surface area contributed by atoms with Crippen molar-refractivity contribution in [1.29, 1.82) is 0 Å². The Morgan fingerprint density at radius 3 is 2.59 bits per heavy atom. The molecule has 1 amide bonds. The molecule has 0 aliphatic carbocycles. The lowest BCUT2D eigenvalue weighted by molar-refractivity contribution is 0.0617. The second kappa shape index (κ2) is 7.59. The van der Waals surface area contributed by atoms with Crippen LogP contribution in [0.4, 0.5) is 5.69 Å². The lowest BCUT2D eigenvalue weighted by atomic mass is 9.89. The van der Waals surface area contributed by atoms with Gasteiger partial charge in [0.15, 0.2) is 0 Å². The molecule has 0 unspecified atom stereocenters. The van der Waals surface area contributed by atoms with E-state index in [1.165, 1.54) is 7.05 Å². The molecule has 3 rings (SSSR count). The van der Waals surface area contributed by atoms with Gasteiger partial charge in [-0.1, -0.05) is 12.1 Å². The van der Waals surface area contributed by atoms with Crippen molar-refractivity contribution >= 4 is 21.6 Å². The molecule has 156 valence electrons. The number of rotatable bonds is 5. The van der Waals surface area contributed by atoms with E-state index in [4.69, 9.17) is 9.47 Å². The van der Waals surface area contributed by atoms with Crippen LogP contribution in [0.1, 0.15) is 42.2 Å². The van der Waals surface area contributed by atoms with Gasteiger partial charge in [-0.15, -0.1) is 0 Å². The summed E-state index contributed by atoms with van der Waals surface area (Å²) in [6.45, 7) is 3.92. The second-order valence-corrected chi connectivity index (χ2v) is 9.76. The van der Waals surface area contributed by atoms with Gasteiger partial charge in [-0.3, -0.25) is 9.10 Å². The molecule has 0 saturated carbocycles. The SMILES string of the molecule is COc1ccc2c(c1)OC(C)(C)C[C@@H]2NC(=O)c1ccccc1N(C)S(C)(=O)=O. The predicted octanol–water partition coefficient (Wildman–Crippen LogP) is 3.12. The van der Waals surface area contributed by atoms with Crippen LogP contribution >= 0.6 is 0 Å². The van der Waals surface area contributed by atoms with Crippen molar-refractivity contribution in [3.05, 3.63) is 53.6 Å². The highest BCUT2D eigenvalue weighted by Gasteiger charge is 2.35. The largest absolute Gasteiger partial charge is 0.497 e. The number of benzene rings is 2. The summed E-state index contributed by atoms with van der Waals surface area (Å²) in [5.74, 6) is 0.986. The van der Waals surface area contributed by atoms with Crippen LogP contribution in [0, 0.1) is 0 Å². The highest BCUT2D eigenvalue weighted by atomic mass is 32.2. The standard InChI is InChI=1S/C21H26N2O5S/c1-21(2)13-17(15-11-10-14(27-4)12-19(15)28-21)22-20(24)16-8-6-7-9-18(16)23(3)29(5,25)26/h6-12,17H,13H2,1-5H3,(H,22,24)/t17-/m0/s1. The number of carbonyl (C=O) groups excluding carboxylic acids is 1. The van der Waals surface area contributed by atoms with Gasteiger partial charge >= 0.3 is 0 Å². The summed E-state index contributed by atoms with van der Waals surface area (Å²) in [5, 5.41) is 3.05. The predicted molar refractivity (Wildman–Crippen MR) is 112 cm³/mol. The fourth-order valence-electron chi connectivity index (χ4n) is 3.44. The molecule has 7 nitrogen and oxygen atoms in total. The van der Waals surface area contributed by atoms with Crippen molar-refractivity contribution in [2.75, 3.05) is 24.7 Å². The second-order valence-electron chi connectivity index (χ2n) is 7.74. The molecule has 0 fully saturated rings. The summed E-state index contributed by atoms with van der Waals surface area (Å²) in [5.41, 5.74) is 0.987. The Morgan fingerprint density at radius 2 is 1.93 bits per heavy atom. The molecule has 29 heavy (non-hydrogen) atoms. The third-order valence-electron chi connectivity index (χ3n) is 4.97. The van der Waals surface area contributed by atoms with Crippen molar-refractivity contribution in [3.8, 4) is 11.5 Å². The molecule has 8 heteroatoms. The Balaban J connectivity index is 1.95. The van der Waals surface area contributed by atoms with Gasteiger partial charge in [0, 0.05) is 25.1 Å². The van der Waals surface area contributed by atoms with Crippen LogP contribution in [0.5, 0.6) is 11.5 Å².